The van der Waals surface area contributed by atoms with Crippen LogP contribution in [0.3, 0.4) is 0 Å². The van der Waals surface area contributed by atoms with Gasteiger partial charge in [0.1, 0.15) is 0 Å². The Morgan fingerprint density at radius 3 is 1.64 bits per heavy atom. The molecule has 10 rings (SSSR count). The van der Waals surface area contributed by atoms with Crippen molar-refractivity contribution in [3.05, 3.63) is 146 Å². The number of benzene rings is 7. The molecule has 3 aromatic heterocycles. The van der Waals surface area contributed by atoms with E-state index in [1.165, 1.54) is 87.5 Å². The van der Waals surface area contributed by atoms with E-state index in [4.69, 9.17) is 0 Å². The predicted octanol–water partition coefficient (Wildman–Crippen LogP) is 10.8. The van der Waals surface area contributed by atoms with E-state index in [2.05, 4.69) is 155 Å². The highest BCUT2D eigenvalue weighted by Crippen LogP contribution is 2.45. The fourth-order valence-electron chi connectivity index (χ4n) is 7.47. The molecule has 0 unspecified atom stereocenters. The van der Waals surface area contributed by atoms with E-state index in [1.807, 2.05) is 0 Å². The highest BCUT2D eigenvalue weighted by Gasteiger charge is 2.22. The minimum Gasteiger partial charge on any atom is -0.309 e. The van der Waals surface area contributed by atoms with Gasteiger partial charge in [0.25, 0.3) is 0 Å². The van der Waals surface area contributed by atoms with Crippen molar-refractivity contribution in [1.29, 1.82) is 0 Å². The highest BCUT2D eigenvalue weighted by molar-refractivity contribution is 6.32. The van der Waals surface area contributed by atoms with E-state index >= 15 is 0 Å². The normalized spacial score (nSPS) is 12.3. The third-order valence-corrected chi connectivity index (χ3v) is 9.23. The molecule has 2 heteroatoms. The minimum atomic E-state index is 1.17. The molecule has 0 amide bonds. The molecule has 0 radical (unpaired) electrons. The maximum atomic E-state index is 2.53. The lowest BCUT2D eigenvalue weighted by Gasteiger charge is -2.12. The highest BCUT2D eigenvalue weighted by atomic mass is 15.0. The summed E-state index contributed by atoms with van der Waals surface area (Å²) in [5.41, 5.74) is 9.98. The topological polar surface area (TPSA) is 9.34 Å². The summed E-state index contributed by atoms with van der Waals surface area (Å²) in [6.45, 7) is 0. The summed E-state index contributed by atoms with van der Waals surface area (Å²) in [6.07, 6.45) is 0. The molecular weight excluding hydrogens is 508 g/mol. The zero-order valence-corrected chi connectivity index (χ0v) is 22.8. The van der Waals surface area contributed by atoms with Gasteiger partial charge in [-0.25, -0.2) is 0 Å². The van der Waals surface area contributed by atoms with Gasteiger partial charge in [-0.1, -0.05) is 121 Å². The Balaban J connectivity index is 1.42. The fraction of sp³-hybridized carbons (Fsp3) is 0. The Hall–Kier alpha value is -5.60. The van der Waals surface area contributed by atoms with Crippen LogP contribution in [0.4, 0.5) is 0 Å². The second-order valence-electron chi connectivity index (χ2n) is 11.3. The van der Waals surface area contributed by atoms with Crippen molar-refractivity contribution in [3.63, 3.8) is 0 Å². The molecule has 0 spiro atoms. The van der Waals surface area contributed by atoms with Gasteiger partial charge in [-0.05, 0) is 40.8 Å². The molecule has 7 aromatic carbocycles. The SMILES string of the molecule is c1ccc(-c2ccc(-n3c4ccccc4c4ccc5ccc6c7cccc8c9ccccc9n(c87)c6c5c43)cc2)cc1. The predicted molar refractivity (Wildman–Crippen MR) is 178 cm³/mol. The van der Waals surface area contributed by atoms with Crippen LogP contribution >= 0.6 is 0 Å². The number of hydrogen-bond acceptors (Lipinski definition) is 0. The fourth-order valence-corrected chi connectivity index (χ4v) is 7.47. The molecule has 0 aliphatic rings. The van der Waals surface area contributed by atoms with Gasteiger partial charge in [0.2, 0.25) is 0 Å². The van der Waals surface area contributed by atoms with Crippen LogP contribution in [0.15, 0.2) is 146 Å². The molecule has 3 heterocycles. The van der Waals surface area contributed by atoms with Crippen LogP contribution in [0, 0.1) is 0 Å². The molecule has 42 heavy (non-hydrogen) atoms. The molecular formula is C40H24N2. The monoisotopic (exact) mass is 532 g/mol. The lowest BCUT2D eigenvalue weighted by molar-refractivity contribution is 1.19. The largest absolute Gasteiger partial charge is 0.309 e. The van der Waals surface area contributed by atoms with Crippen molar-refractivity contribution in [2.45, 2.75) is 0 Å². The number of rotatable bonds is 2. The van der Waals surface area contributed by atoms with Crippen LogP contribution in [0.25, 0.3) is 87.5 Å². The second kappa shape index (κ2) is 7.99. The van der Waals surface area contributed by atoms with Gasteiger partial charge >= 0.3 is 0 Å². The van der Waals surface area contributed by atoms with Crippen molar-refractivity contribution in [3.8, 4) is 16.8 Å². The van der Waals surface area contributed by atoms with Gasteiger partial charge in [0, 0.05) is 43.4 Å². The maximum absolute atomic E-state index is 2.53. The molecule has 0 aliphatic heterocycles. The molecule has 10 aromatic rings. The molecule has 0 saturated heterocycles. The van der Waals surface area contributed by atoms with Crippen LogP contribution in [0.1, 0.15) is 0 Å². The Bertz CT molecular complexity index is 2650. The van der Waals surface area contributed by atoms with Gasteiger partial charge in [0.15, 0.2) is 0 Å². The van der Waals surface area contributed by atoms with Crippen molar-refractivity contribution >= 4 is 70.7 Å². The van der Waals surface area contributed by atoms with Gasteiger partial charge in [-0.2, -0.15) is 0 Å². The first-order valence-corrected chi connectivity index (χ1v) is 14.5. The Morgan fingerprint density at radius 1 is 0.333 bits per heavy atom. The lowest BCUT2D eigenvalue weighted by Crippen LogP contribution is -1.95. The van der Waals surface area contributed by atoms with E-state index in [0.717, 1.165) is 0 Å². The zero-order chi connectivity index (χ0) is 27.4. The van der Waals surface area contributed by atoms with Gasteiger partial charge in [0.05, 0.1) is 27.6 Å². The van der Waals surface area contributed by atoms with Crippen LogP contribution in [0.2, 0.25) is 0 Å². The minimum absolute atomic E-state index is 1.17. The van der Waals surface area contributed by atoms with Crippen LogP contribution in [0.5, 0.6) is 0 Å². The number of aromatic nitrogens is 2. The van der Waals surface area contributed by atoms with Crippen LogP contribution in [-0.4, -0.2) is 8.97 Å². The van der Waals surface area contributed by atoms with Crippen molar-refractivity contribution in [2.75, 3.05) is 0 Å². The first-order chi connectivity index (χ1) is 20.9. The van der Waals surface area contributed by atoms with E-state index in [1.54, 1.807) is 0 Å². The Kier molecular flexibility index (Phi) is 4.21. The standard InChI is InChI=1S/C40H24N2/c1-2-9-25(10-3-1)26-17-21-28(22-18-26)41-35-15-6-4-12-30(35)33-23-19-27-20-24-34-32-14-8-13-31-29-11-5-7-16-36(29)42(38(31)32)40(34)37(27)39(33)41/h1-24H. The van der Waals surface area contributed by atoms with Gasteiger partial charge in [-0.15, -0.1) is 0 Å². The molecule has 0 bridgehead atoms. The summed E-state index contributed by atoms with van der Waals surface area (Å²) in [5, 5.41) is 10.3. The molecule has 0 atom stereocenters. The average molecular weight is 533 g/mol. The number of fused-ring (bicyclic) bond motifs is 12. The third kappa shape index (κ3) is 2.74. The van der Waals surface area contributed by atoms with E-state index < -0.39 is 0 Å². The van der Waals surface area contributed by atoms with E-state index in [0.29, 0.717) is 0 Å². The van der Waals surface area contributed by atoms with Crippen LogP contribution < -0.4 is 0 Å². The Labute approximate surface area is 241 Å². The van der Waals surface area contributed by atoms with E-state index in [-0.39, 0.29) is 0 Å². The quantitative estimate of drug-likeness (QED) is 0.209. The molecule has 0 N–H and O–H groups in total. The molecule has 0 saturated carbocycles. The third-order valence-electron chi connectivity index (χ3n) is 9.23. The maximum Gasteiger partial charge on any atom is 0.0641 e. The summed E-state index contributed by atoms with van der Waals surface area (Å²) in [6, 6.07) is 53.3. The molecule has 0 aliphatic carbocycles. The zero-order valence-electron chi connectivity index (χ0n) is 22.8. The second-order valence-corrected chi connectivity index (χ2v) is 11.3. The van der Waals surface area contributed by atoms with Crippen LogP contribution in [-0.2, 0) is 0 Å². The Morgan fingerprint density at radius 2 is 0.881 bits per heavy atom. The smallest absolute Gasteiger partial charge is 0.0641 e. The number of para-hydroxylation sites is 3. The first kappa shape index (κ1) is 22.1. The summed E-state index contributed by atoms with van der Waals surface area (Å²) < 4.78 is 5.01. The molecule has 2 nitrogen and oxygen atoms in total. The van der Waals surface area contributed by atoms with Crippen molar-refractivity contribution < 1.29 is 0 Å². The summed E-state index contributed by atoms with van der Waals surface area (Å²) in [4.78, 5) is 0. The summed E-state index contributed by atoms with van der Waals surface area (Å²) in [5.74, 6) is 0. The number of hydrogen-bond donors (Lipinski definition) is 0. The lowest BCUT2D eigenvalue weighted by atomic mass is 10.0. The van der Waals surface area contributed by atoms with Gasteiger partial charge in [-0.3, -0.25) is 0 Å². The molecule has 0 fully saturated rings. The average Bonchev–Trinajstić information content (AvgIpc) is 3.70. The number of nitrogens with zero attached hydrogens (tertiary/aromatic N) is 2. The van der Waals surface area contributed by atoms with Gasteiger partial charge < -0.3 is 8.97 Å². The summed E-state index contributed by atoms with van der Waals surface area (Å²) >= 11 is 0. The first-order valence-electron chi connectivity index (χ1n) is 14.5. The van der Waals surface area contributed by atoms with Crippen molar-refractivity contribution in [2.24, 2.45) is 0 Å². The van der Waals surface area contributed by atoms with Crippen molar-refractivity contribution in [1.82, 2.24) is 8.97 Å². The molecule has 194 valence electrons. The van der Waals surface area contributed by atoms with E-state index in [9.17, 15) is 0 Å². The summed E-state index contributed by atoms with van der Waals surface area (Å²) in [7, 11) is 0.